The Balaban J connectivity index is 2.52. The van der Waals surface area contributed by atoms with Crippen molar-refractivity contribution in [1.29, 1.82) is 0 Å². The minimum absolute atomic E-state index is 0.538. The zero-order valence-electron chi connectivity index (χ0n) is 14.7. The van der Waals surface area contributed by atoms with Crippen LogP contribution in [0, 0.1) is 13.8 Å². The Morgan fingerprint density at radius 1 is 0.905 bits per heavy atom. The first-order valence-electron chi connectivity index (χ1n) is 8.99. The van der Waals surface area contributed by atoms with Crippen molar-refractivity contribution in [1.82, 2.24) is 5.32 Å². The average molecular weight is 290 g/mol. The zero-order chi connectivity index (χ0) is 15.5. The van der Waals surface area contributed by atoms with Crippen molar-refractivity contribution < 1.29 is 0 Å². The van der Waals surface area contributed by atoms with Gasteiger partial charge in [-0.1, -0.05) is 76.1 Å². The molecule has 1 N–H and O–H groups in total. The maximum absolute atomic E-state index is 3.76. The first-order valence-corrected chi connectivity index (χ1v) is 8.99. The molecule has 0 heterocycles. The van der Waals surface area contributed by atoms with E-state index in [1.807, 2.05) is 0 Å². The third kappa shape index (κ3) is 7.13. The Kier molecular flexibility index (Phi) is 9.41. The highest BCUT2D eigenvalue weighted by molar-refractivity contribution is 5.33. The van der Waals surface area contributed by atoms with Crippen molar-refractivity contribution >= 4 is 0 Å². The molecule has 1 unspecified atom stereocenters. The molecule has 0 bridgehead atoms. The fourth-order valence-electron chi connectivity index (χ4n) is 2.95. The summed E-state index contributed by atoms with van der Waals surface area (Å²) in [6, 6.07) is 7.41. The standard InChI is InChI=1S/C20H35N/c1-5-7-8-9-10-11-12-20(21-15-6-2)19-16-17(3)13-14-18(19)4/h13-14,16,20-21H,5-12,15H2,1-4H3. The maximum atomic E-state index is 3.76. The van der Waals surface area contributed by atoms with Crippen molar-refractivity contribution in [3.8, 4) is 0 Å². The Hall–Kier alpha value is -0.820. The van der Waals surface area contributed by atoms with Gasteiger partial charge in [0.25, 0.3) is 0 Å². The molecule has 0 radical (unpaired) electrons. The van der Waals surface area contributed by atoms with Crippen LogP contribution in [0.1, 0.15) is 87.9 Å². The number of hydrogen-bond acceptors (Lipinski definition) is 1. The molecule has 1 aromatic rings. The number of aryl methyl sites for hydroxylation is 2. The lowest BCUT2D eigenvalue weighted by atomic mass is 9.94. The van der Waals surface area contributed by atoms with Gasteiger partial charge in [0.1, 0.15) is 0 Å². The monoisotopic (exact) mass is 289 g/mol. The molecule has 0 aliphatic rings. The van der Waals surface area contributed by atoms with Gasteiger partial charge in [-0.25, -0.2) is 0 Å². The maximum Gasteiger partial charge on any atom is 0.0322 e. The van der Waals surface area contributed by atoms with E-state index in [0.29, 0.717) is 6.04 Å². The molecule has 0 saturated heterocycles. The average Bonchev–Trinajstić information content (AvgIpc) is 2.48. The highest BCUT2D eigenvalue weighted by Crippen LogP contribution is 2.24. The number of rotatable bonds is 11. The van der Waals surface area contributed by atoms with Gasteiger partial charge in [0.15, 0.2) is 0 Å². The summed E-state index contributed by atoms with van der Waals surface area (Å²) >= 11 is 0. The molecule has 0 amide bonds. The van der Waals surface area contributed by atoms with Crippen LogP contribution >= 0.6 is 0 Å². The van der Waals surface area contributed by atoms with E-state index in [1.165, 1.54) is 68.1 Å². The van der Waals surface area contributed by atoms with Gasteiger partial charge in [-0.15, -0.1) is 0 Å². The third-order valence-electron chi connectivity index (χ3n) is 4.30. The van der Waals surface area contributed by atoms with Crippen LogP contribution in [0.2, 0.25) is 0 Å². The number of benzene rings is 1. The van der Waals surface area contributed by atoms with Crippen LogP contribution in [-0.4, -0.2) is 6.54 Å². The molecule has 0 spiro atoms. The van der Waals surface area contributed by atoms with E-state index in [4.69, 9.17) is 0 Å². The number of nitrogens with one attached hydrogen (secondary N) is 1. The Bertz CT molecular complexity index is 383. The van der Waals surface area contributed by atoms with E-state index in [9.17, 15) is 0 Å². The summed E-state index contributed by atoms with van der Waals surface area (Å²) in [4.78, 5) is 0. The van der Waals surface area contributed by atoms with Gasteiger partial charge in [0.2, 0.25) is 0 Å². The minimum atomic E-state index is 0.538. The summed E-state index contributed by atoms with van der Waals surface area (Å²) in [7, 11) is 0. The largest absolute Gasteiger partial charge is 0.310 e. The highest BCUT2D eigenvalue weighted by atomic mass is 14.9. The van der Waals surface area contributed by atoms with Crippen LogP contribution in [0.5, 0.6) is 0 Å². The van der Waals surface area contributed by atoms with Crippen LogP contribution in [0.4, 0.5) is 0 Å². The topological polar surface area (TPSA) is 12.0 Å². The lowest BCUT2D eigenvalue weighted by Crippen LogP contribution is -2.23. The molecule has 0 fully saturated rings. The van der Waals surface area contributed by atoms with Crippen molar-refractivity contribution in [2.45, 2.75) is 85.1 Å². The quantitative estimate of drug-likeness (QED) is 0.486. The van der Waals surface area contributed by atoms with E-state index >= 15 is 0 Å². The van der Waals surface area contributed by atoms with Gasteiger partial charge >= 0.3 is 0 Å². The summed E-state index contributed by atoms with van der Waals surface area (Å²) in [5, 5.41) is 3.76. The van der Waals surface area contributed by atoms with E-state index in [1.54, 1.807) is 0 Å². The Morgan fingerprint density at radius 2 is 1.62 bits per heavy atom. The smallest absolute Gasteiger partial charge is 0.0322 e. The lowest BCUT2D eigenvalue weighted by molar-refractivity contribution is 0.465. The molecular formula is C20H35N. The van der Waals surface area contributed by atoms with Gasteiger partial charge < -0.3 is 5.32 Å². The summed E-state index contributed by atoms with van der Waals surface area (Å²) in [6.07, 6.45) is 10.8. The first kappa shape index (κ1) is 18.2. The zero-order valence-corrected chi connectivity index (χ0v) is 14.7. The summed E-state index contributed by atoms with van der Waals surface area (Å²) < 4.78 is 0. The van der Waals surface area contributed by atoms with Gasteiger partial charge in [0.05, 0.1) is 0 Å². The SMILES string of the molecule is CCCCCCCCC(NCCC)c1cc(C)ccc1C. The second kappa shape index (κ2) is 10.8. The van der Waals surface area contributed by atoms with Gasteiger partial charge in [-0.2, -0.15) is 0 Å². The molecule has 120 valence electrons. The van der Waals surface area contributed by atoms with Crippen molar-refractivity contribution in [2.75, 3.05) is 6.54 Å². The predicted molar refractivity (Wildman–Crippen MR) is 94.9 cm³/mol. The Morgan fingerprint density at radius 3 is 2.33 bits per heavy atom. The Labute approximate surface area is 132 Å². The molecule has 1 rings (SSSR count). The molecule has 0 saturated carbocycles. The summed E-state index contributed by atoms with van der Waals surface area (Å²) in [5.74, 6) is 0. The van der Waals surface area contributed by atoms with Crippen molar-refractivity contribution in [3.05, 3.63) is 34.9 Å². The third-order valence-corrected chi connectivity index (χ3v) is 4.30. The van der Waals surface area contributed by atoms with Crippen LogP contribution in [-0.2, 0) is 0 Å². The first-order chi connectivity index (χ1) is 10.2. The number of unbranched alkanes of at least 4 members (excludes halogenated alkanes) is 5. The van der Waals surface area contributed by atoms with Gasteiger partial charge in [-0.3, -0.25) is 0 Å². The van der Waals surface area contributed by atoms with Crippen molar-refractivity contribution in [2.24, 2.45) is 0 Å². The van der Waals surface area contributed by atoms with Crippen LogP contribution < -0.4 is 5.32 Å². The fraction of sp³-hybridized carbons (Fsp3) is 0.700. The second-order valence-electron chi connectivity index (χ2n) is 6.42. The molecule has 1 nitrogen and oxygen atoms in total. The van der Waals surface area contributed by atoms with Crippen LogP contribution in [0.15, 0.2) is 18.2 Å². The molecular weight excluding hydrogens is 254 g/mol. The van der Waals surface area contributed by atoms with E-state index in [2.05, 4.69) is 51.2 Å². The molecule has 0 aromatic heterocycles. The van der Waals surface area contributed by atoms with E-state index in [0.717, 1.165) is 6.54 Å². The van der Waals surface area contributed by atoms with Gasteiger partial charge in [-0.05, 0) is 44.4 Å². The predicted octanol–water partition coefficient (Wildman–Crippen LogP) is 6.09. The summed E-state index contributed by atoms with van der Waals surface area (Å²) in [6.45, 7) is 10.1. The second-order valence-corrected chi connectivity index (χ2v) is 6.42. The van der Waals surface area contributed by atoms with E-state index < -0.39 is 0 Å². The molecule has 1 atom stereocenters. The molecule has 0 aliphatic carbocycles. The van der Waals surface area contributed by atoms with Gasteiger partial charge in [0, 0.05) is 6.04 Å². The highest BCUT2D eigenvalue weighted by Gasteiger charge is 2.12. The van der Waals surface area contributed by atoms with Crippen LogP contribution in [0.3, 0.4) is 0 Å². The number of hydrogen-bond donors (Lipinski definition) is 1. The summed E-state index contributed by atoms with van der Waals surface area (Å²) in [5.41, 5.74) is 4.32. The molecule has 0 aliphatic heterocycles. The van der Waals surface area contributed by atoms with Crippen molar-refractivity contribution in [3.63, 3.8) is 0 Å². The minimum Gasteiger partial charge on any atom is -0.310 e. The normalized spacial score (nSPS) is 12.6. The van der Waals surface area contributed by atoms with Crippen LogP contribution in [0.25, 0.3) is 0 Å². The molecule has 1 heteroatoms. The molecule has 1 aromatic carbocycles. The lowest BCUT2D eigenvalue weighted by Gasteiger charge is -2.21. The molecule has 21 heavy (non-hydrogen) atoms. The van der Waals surface area contributed by atoms with E-state index in [-0.39, 0.29) is 0 Å². The fourth-order valence-corrected chi connectivity index (χ4v) is 2.95.